The molecule has 0 saturated carbocycles. The summed E-state index contributed by atoms with van der Waals surface area (Å²) < 4.78 is 10.2. The SMILES string of the molecule is Cc1cc(C(=O)OCC(=O)Nc2cc(Cl)ccc2C#N)c(C)o1. The number of hydrogen-bond acceptors (Lipinski definition) is 5. The quantitative estimate of drug-likeness (QED) is 0.868. The fourth-order valence-electron chi connectivity index (χ4n) is 1.95. The van der Waals surface area contributed by atoms with Crippen molar-refractivity contribution < 1.29 is 18.7 Å². The number of carbonyl (C=O) groups is 2. The van der Waals surface area contributed by atoms with Gasteiger partial charge in [0.05, 0.1) is 11.3 Å². The van der Waals surface area contributed by atoms with Crippen LogP contribution in [0.15, 0.2) is 28.7 Å². The average Bonchev–Trinajstić information content (AvgIpc) is 2.84. The molecular weight excluding hydrogens is 320 g/mol. The van der Waals surface area contributed by atoms with Gasteiger partial charge in [0.1, 0.15) is 23.2 Å². The lowest BCUT2D eigenvalue weighted by molar-refractivity contribution is -0.119. The van der Waals surface area contributed by atoms with Crippen LogP contribution in [0.3, 0.4) is 0 Å². The smallest absolute Gasteiger partial charge is 0.342 e. The maximum atomic E-state index is 11.9. The molecule has 0 bridgehead atoms. The van der Waals surface area contributed by atoms with Crippen molar-refractivity contribution in [3.63, 3.8) is 0 Å². The lowest BCUT2D eigenvalue weighted by Crippen LogP contribution is -2.21. The molecule has 0 aliphatic heterocycles. The fourth-order valence-corrected chi connectivity index (χ4v) is 2.12. The number of esters is 1. The first-order chi connectivity index (χ1) is 10.9. The van der Waals surface area contributed by atoms with Crippen LogP contribution in [0.25, 0.3) is 0 Å². The summed E-state index contributed by atoms with van der Waals surface area (Å²) in [7, 11) is 0. The molecule has 1 aromatic carbocycles. The average molecular weight is 333 g/mol. The molecule has 0 aliphatic carbocycles. The van der Waals surface area contributed by atoms with Gasteiger partial charge in [0.15, 0.2) is 6.61 Å². The highest BCUT2D eigenvalue weighted by atomic mass is 35.5. The van der Waals surface area contributed by atoms with Crippen molar-refractivity contribution in [2.45, 2.75) is 13.8 Å². The Kier molecular flexibility index (Phi) is 5.04. The molecule has 1 heterocycles. The first kappa shape index (κ1) is 16.6. The van der Waals surface area contributed by atoms with Gasteiger partial charge in [-0.1, -0.05) is 11.6 Å². The molecule has 0 atom stereocenters. The van der Waals surface area contributed by atoms with E-state index >= 15 is 0 Å². The Morgan fingerprint density at radius 1 is 1.35 bits per heavy atom. The number of hydrogen-bond donors (Lipinski definition) is 1. The summed E-state index contributed by atoms with van der Waals surface area (Å²) in [6.45, 7) is 2.85. The van der Waals surface area contributed by atoms with Crippen molar-refractivity contribution in [3.05, 3.63) is 51.9 Å². The van der Waals surface area contributed by atoms with Crippen LogP contribution in [0.5, 0.6) is 0 Å². The molecule has 2 rings (SSSR count). The monoisotopic (exact) mass is 332 g/mol. The zero-order chi connectivity index (χ0) is 17.0. The van der Waals surface area contributed by atoms with Gasteiger partial charge in [-0.2, -0.15) is 5.26 Å². The van der Waals surface area contributed by atoms with Gasteiger partial charge in [-0.25, -0.2) is 4.79 Å². The highest BCUT2D eigenvalue weighted by Gasteiger charge is 2.17. The third kappa shape index (κ3) is 4.11. The molecule has 7 heteroatoms. The highest BCUT2D eigenvalue weighted by molar-refractivity contribution is 6.31. The van der Waals surface area contributed by atoms with Gasteiger partial charge < -0.3 is 14.5 Å². The summed E-state index contributed by atoms with van der Waals surface area (Å²) in [5.74, 6) is -0.220. The van der Waals surface area contributed by atoms with Gasteiger partial charge >= 0.3 is 5.97 Å². The number of aryl methyl sites for hydroxylation is 2. The van der Waals surface area contributed by atoms with E-state index in [0.29, 0.717) is 16.5 Å². The first-order valence-electron chi connectivity index (χ1n) is 6.64. The number of rotatable bonds is 4. The van der Waals surface area contributed by atoms with E-state index in [-0.39, 0.29) is 16.8 Å². The number of nitrogens with one attached hydrogen (secondary N) is 1. The molecule has 1 aromatic heterocycles. The van der Waals surface area contributed by atoms with Gasteiger partial charge in [0.25, 0.3) is 5.91 Å². The number of ether oxygens (including phenoxy) is 1. The Morgan fingerprint density at radius 3 is 2.70 bits per heavy atom. The van der Waals surface area contributed by atoms with Gasteiger partial charge in [-0.3, -0.25) is 4.79 Å². The molecule has 0 saturated heterocycles. The Hall–Kier alpha value is -2.78. The number of nitriles is 1. The van der Waals surface area contributed by atoms with E-state index in [1.54, 1.807) is 26.0 Å². The van der Waals surface area contributed by atoms with E-state index in [0.717, 1.165) is 0 Å². The van der Waals surface area contributed by atoms with Gasteiger partial charge in [0, 0.05) is 5.02 Å². The normalized spacial score (nSPS) is 10.0. The van der Waals surface area contributed by atoms with Crippen LogP contribution in [-0.4, -0.2) is 18.5 Å². The number of benzene rings is 1. The van der Waals surface area contributed by atoms with E-state index < -0.39 is 18.5 Å². The number of furan rings is 1. The maximum Gasteiger partial charge on any atom is 0.342 e. The summed E-state index contributed by atoms with van der Waals surface area (Å²) >= 11 is 5.83. The van der Waals surface area contributed by atoms with E-state index in [4.69, 9.17) is 26.0 Å². The molecule has 0 unspecified atom stereocenters. The minimum Gasteiger partial charge on any atom is -0.466 e. The summed E-state index contributed by atoms with van der Waals surface area (Å²) in [4.78, 5) is 23.7. The second-order valence-corrected chi connectivity index (χ2v) is 5.19. The standard InChI is InChI=1S/C16H13ClN2O4/c1-9-5-13(10(2)23-9)16(21)22-8-15(20)19-14-6-12(17)4-3-11(14)7-18/h3-6H,8H2,1-2H3,(H,19,20). The molecule has 1 N–H and O–H groups in total. The molecule has 23 heavy (non-hydrogen) atoms. The number of amides is 1. The molecule has 2 aromatic rings. The van der Waals surface area contributed by atoms with Gasteiger partial charge in [-0.05, 0) is 38.1 Å². The molecule has 0 aliphatic rings. The van der Waals surface area contributed by atoms with Crippen molar-refractivity contribution in [1.29, 1.82) is 5.26 Å². The Labute approximate surface area is 137 Å². The van der Waals surface area contributed by atoms with Crippen LogP contribution in [0.2, 0.25) is 5.02 Å². The number of halogens is 1. The molecule has 0 radical (unpaired) electrons. The van der Waals surface area contributed by atoms with Gasteiger partial charge in [-0.15, -0.1) is 0 Å². The number of nitrogens with zero attached hydrogens (tertiary/aromatic N) is 1. The zero-order valence-corrected chi connectivity index (χ0v) is 13.2. The van der Waals surface area contributed by atoms with Gasteiger partial charge in [0.2, 0.25) is 0 Å². The van der Waals surface area contributed by atoms with Crippen LogP contribution in [-0.2, 0) is 9.53 Å². The first-order valence-corrected chi connectivity index (χ1v) is 7.02. The summed E-state index contributed by atoms with van der Waals surface area (Å²) in [5, 5.41) is 11.8. The molecule has 0 spiro atoms. The van der Waals surface area contributed by atoms with Crippen LogP contribution in [0.4, 0.5) is 5.69 Å². The Balaban J connectivity index is 1.98. The molecular formula is C16H13ClN2O4. The van der Waals surface area contributed by atoms with E-state index in [1.807, 2.05) is 6.07 Å². The molecule has 0 fully saturated rings. The number of anilines is 1. The van der Waals surface area contributed by atoms with Crippen molar-refractivity contribution in [2.75, 3.05) is 11.9 Å². The van der Waals surface area contributed by atoms with Crippen LogP contribution in [0.1, 0.15) is 27.4 Å². The summed E-state index contributed by atoms with van der Waals surface area (Å²) in [6.07, 6.45) is 0. The Morgan fingerprint density at radius 2 is 2.09 bits per heavy atom. The van der Waals surface area contributed by atoms with E-state index in [1.165, 1.54) is 12.1 Å². The molecule has 6 nitrogen and oxygen atoms in total. The Bertz CT molecular complexity index is 805. The largest absolute Gasteiger partial charge is 0.466 e. The van der Waals surface area contributed by atoms with Crippen molar-refractivity contribution in [1.82, 2.24) is 0 Å². The fraction of sp³-hybridized carbons (Fsp3) is 0.188. The minimum absolute atomic E-state index is 0.260. The van der Waals surface area contributed by atoms with E-state index in [2.05, 4.69) is 5.32 Å². The lowest BCUT2D eigenvalue weighted by atomic mass is 10.2. The second kappa shape index (κ2) is 6.99. The third-order valence-electron chi connectivity index (χ3n) is 2.97. The highest BCUT2D eigenvalue weighted by Crippen LogP contribution is 2.20. The summed E-state index contributed by atoms with van der Waals surface area (Å²) in [6, 6.07) is 7.95. The summed E-state index contributed by atoms with van der Waals surface area (Å²) in [5.41, 5.74) is 0.794. The lowest BCUT2D eigenvalue weighted by Gasteiger charge is -2.08. The predicted octanol–water partition coefficient (Wildman–Crippen LogP) is 3.22. The second-order valence-electron chi connectivity index (χ2n) is 4.75. The van der Waals surface area contributed by atoms with Crippen LogP contribution >= 0.6 is 11.6 Å². The topological polar surface area (TPSA) is 92.3 Å². The molecule has 118 valence electrons. The van der Waals surface area contributed by atoms with Crippen molar-refractivity contribution in [3.8, 4) is 6.07 Å². The van der Waals surface area contributed by atoms with Crippen LogP contribution < -0.4 is 5.32 Å². The third-order valence-corrected chi connectivity index (χ3v) is 3.21. The minimum atomic E-state index is -0.652. The van der Waals surface area contributed by atoms with E-state index in [9.17, 15) is 9.59 Å². The van der Waals surface area contributed by atoms with Crippen molar-refractivity contribution in [2.24, 2.45) is 0 Å². The maximum absolute atomic E-state index is 11.9. The number of carbonyl (C=O) groups excluding carboxylic acids is 2. The molecule has 1 amide bonds. The van der Waals surface area contributed by atoms with Crippen LogP contribution in [0, 0.1) is 25.2 Å². The predicted molar refractivity (Wildman–Crippen MR) is 83.3 cm³/mol. The van der Waals surface area contributed by atoms with Crippen molar-refractivity contribution >= 4 is 29.2 Å². The zero-order valence-electron chi connectivity index (χ0n) is 12.5.